The molecule has 20 heavy (non-hydrogen) atoms. The fourth-order valence-corrected chi connectivity index (χ4v) is 2.39. The van der Waals surface area contributed by atoms with Gasteiger partial charge in [-0.1, -0.05) is 24.3 Å². The van der Waals surface area contributed by atoms with Crippen molar-refractivity contribution < 1.29 is 9.53 Å². The van der Waals surface area contributed by atoms with Crippen LogP contribution in [-0.4, -0.2) is 18.7 Å². The Bertz CT molecular complexity index is 606. The van der Waals surface area contributed by atoms with Crippen molar-refractivity contribution in [2.75, 3.05) is 7.11 Å². The molecular weight excluding hydrogens is 272 g/mol. The SMILES string of the molecule is COc1ccccc1C/C(C)=N\NC(=O)c1cccs1. The molecule has 104 valence electrons. The molecule has 0 aliphatic heterocycles. The summed E-state index contributed by atoms with van der Waals surface area (Å²) in [6.07, 6.45) is 0.634. The van der Waals surface area contributed by atoms with Crippen molar-refractivity contribution in [1.29, 1.82) is 0 Å². The van der Waals surface area contributed by atoms with E-state index in [1.807, 2.05) is 42.6 Å². The second kappa shape index (κ2) is 6.86. The van der Waals surface area contributed by atoms with Gasteiger partial charge < -0.3 is 4.74 Å². The second-order valence-electron chi connectivity index (χ2n) is 4.25. The van der Waals surface area contributed by atoms with Crippen LogP contribution in [0.1, 0.15) is 22.2 Å². The van der Waals surface area contributed by atoms with Gasteiger partial charge in [-0.25, -0.2) is 5.43 Å². The highest BCUT2D eigenvalue weighted by Crippen LogP contribution is 2.18. The van der Waals surface area contributed by atoms with Gasteiger partial charge in [-0.2, -0.15) is 5.10 Å². The monoisotopic (exact) mass is 288 g/mol. The van der Waals surface area contributed by atoms with Gasteiger partial charge in [-0.05, 0) is 30.0 Å². The number of ether oxygens (including phenoxy) is 1. The number of hydrogen-bond acceptors (Lipinski definition) is 4. The van der Waals surface area contributed by atoms with Crippen molar-refractivity contribution in [2.24, 2.45) is 5.10 Å². The molecule has 1 aromatic carbocycles. The number of nitrogens with zero attached hydrogens (tertiary/aromatic N) is 1. The Morgan fingerprint density at radius 2 is 2.10 bits per heavy atom. The molecule has 0 fully saturated rings. The fourth-order valence-electron chi connectivity index (χ4n) is 1.77. The number of hydrogen-bond donors (Lipinski definition) is 1. The molecule has 0 radical (unpaired) electrons. The van der Waals surface area contributed by atoms with E-state index in [2.05, 4.69) is 10.5 Å². The normalized spacial score (nSPS) is 11.2. The van der Waals surface area contributed by atoms with Crippen LogP contribution in [0.15, 0.2) is 46.9 Å². The van der Waals surface area contributed by atoms with Crippen LogP contribution in [0.3, 0.4) is 0 Å². The topological polar surface area (TPSA) is 50.7 Å². The first-order valence-electron chi connectivity index (χ1n) is 6.19. The van der Waals surface area contributed by atoms with E-state index in [0.29, 0.717) is 11.3 Å². The number of para-hydroxylation sites is 1. The van der Waals surface area contributed by atoms with Gasteiger partial charge in [0.05, 0.1) is 12.0 Å². The highest BCUT2D eigenvalue weighted by Gasteiger charge is 2.06. The van der Waals surface area contributed by atoms with Crippen LogP contribution in [-0.2, 0) is 6.42 Å². The molecule has 0 spiro atoms. The van der Waals surface area contributed by atoms with Crippen molar-refractivity contribution in [3.63, 3.8) is 0 Å². The molecule has 1 aromatic heterocycles. The van der Waals surface area contributed by atoms with Gasteiger partial charge in [-0.15, -0.1) is 11.3 Å². The number of thiophene rings is 1. The standard InChI is InChI=1S/C15H16N2O2S/c1-11(10-12-6-3-4-7-13(12)19-2)16-17-15(18)14-8-5-9-20-14/h3-9H,10H2,1-2H3,(H,17,18)/b16-11-. The minimum Gasteiger partial charge on any atom is -0.496 e. The van der Waals surface area contributed by atoms with E-state index in [4.69, 9.17) is 4.74 Å². The maximum absolute atomic E-state index is 11.8. The van der Waals surface area contributed by atoms with E-state index < -0.39 is 0 Å². The molecule has 1 amide bonds. The van der Waals surface area contributed by atoms with Crippen LogP contribution in [0.4, 0.5) is 0 Å². The van der Waals surface area contributed by atoms with Gasteiger partial charge in [-0.3, -0.25) is 4.79 Å². The van der Waals surface area contributed by atoms with Gasteiger partial charge in [0.2, 0.25) is 0 Å². The lowest BCUT2D eigenvalue weighted by atomic mass is 10.1. The summed E-state index contributed by atoms with van der Waals surface area (Å²) < 4.78 is 5.29. The third kappa shape index (κ3) is 3.68. The quantitative estimate of drug-likeness (QED) is 0.679. The molecule has 2 rings (SSSR count). The Morgan fingerprint density at radius 3 is 2.80 bits per heavy atom. The number of amides is 1. The molecular formula is C15H16N2O2S. The molecule has 0 aliphatic carbocycles. The van der Waals surface area contributed by atoms with Gasteiger partial charge in [0, 0.05) is 12.1 Å². The molecule has 0 aliphatic rings. The molecule has 5 heteroatoms. The Morgan fingerprint density at radius 1 is 1.30 bits per heavy atom. The molecule has 4 nitrogen and oxygen atoms in total. The first-order chi connectivity index (χ1) is 9.70. The molecule has 0 saturated heterocycles. The highest BCUT2D eigenvalue weighted by atomic mass is 32.1. The Kier molecular flexibility index (Phi) is 4.90. The van der Waals surface area contributed by atoms with Crippen LogP contribution >= 0.6 is 11.3 Å². The summed E-state index contributed by atoms with van der Waals surface area (Å²) in [5, 5.41) is 5.98. The molecule has 1 N–H and O–H groups in total. The Hall–Kier alpha value is -2.14. The van der Waals surface area contributed by atoms with Crippen molar-refractivity contribution in [1.82, 2.24) is 5.43 Å². The summed E-state index contributed by atoms with van der Waals surface area (Å²) in [5.74, 6) is 0.644. The lowest BCUT2D eigenvalue weighted by Gasteiger charge is -2.07. The third-order valence-corrected chi connectivity index (χ3v) is 3.60. The number of hydrazone groups is 1. The van der Waals surface area contributed by atoms with E-state index in [0.717, 1.165) is 17.0 Å². The molecule has 2 aromatic rings. The van der Waals surface area contributed by atoms with E-state index in [1.54, 1.807) is 13.2 Å². The number of methoxy groups -OCH3 is 1. The first-order valence-corrected chi connectivity index (χ1v) is 7.07. The van der Waals surface area contributed by atoms with E-state index in [-0.39, 0.29) is 5.91 Å². The maximum atomic E-state index is 11.8. The summed E-state index contributed by atoms with van der Waals surface area (Å²) in [6.45, 7) is 1.88. The third-order valence-electron chi connectivity index (χ3n) is 2.73. The summed E-state index contributed by atoms with van der Waals surface area (Å²) in [7, 11) is 1.64. The fraction of sp³-hybridized carbons (Fsp3) is 0.200. The summed E-state index contributed by atoms with van der Waals surface area (Å²) in [4.78, 5) is 12.4. The van der Waals surface area contributed by atoms with Crippen LogP contribution < -0.4 is 10.2 Å². The first kappa shape index (κ1) is 14.3. The van der Waals surface area contributed by atoms with E-state index in [1.165, 1.54) is 11.3 Å². The van der Waals surface area contributed by atoms with Crippen molar-refractivity contribution in [3.05, 3.63) is 52.2 Å². The maximum Gasteiger partial charge on any atom is 0.281 e. The van der Waals surface area contributed by atoms with Gasteiger partial charge in [0.15, 0.2) is 0 Å². The van der Waals surface area contributed by atoms with Crippen molar-refractivity contribution in [2.45, 2.75) is 13.3 Å². The number of carbonyl (C=O) groups is 1. The number of rotatable bonds is 5. The van der Waals surface area contributed by atoms with E-state index in [9.17, 15) is 4.79 Å². The number of nitrogens with one attached hydrogen (secondary N) is 1. The summed E-state index contributed by atoms with van der Waals surface area (Å²) in [5.41, 5.74) is 4.42. The van der Waals surface area contributed by atoms with Crippen molar-refractivity contribution >= 4 is 23.0 Å². The zero-order chi connectivity index (χ0) is 14.4. The smallest absolute Gasteiger partial charge is 0.281 e. The molecule has 0 atom stereocenters. The van der Waals surface area contributed by atoms with Crippen LogP contribution in [0.25, 0.3) is 0 Å². The van der Waals surface area contributed by atoms with Gasteiger partial charge in [0.25, 0.3) is 5.91 Å². The summed E-state index contributed by atoms with van der Waals surface area (Å²) in [6, 6.07) is 11.4. The zero-order valence-corrected chi connectivity index (χ0v) is 12.2. The molecule has 0 saturated carbocycles. The average Bonchev–Trinajstić information content (AvgIpc) is 2.99. The highest BCUT2D eigenvalue weighted by molar-refractivity contribution is 7.12. The second-order valence-corrected chi connectivity index (χ2v) is 5.20. The van der Waals surface area contributed by atoms with Crippen LogP contribution in [0, 0.1) is 0 Å². The van der Waals surface area contributed by atoms with E-state index >= 15 is 0 Å². The molecule has 1 heterocycles. The Labute approximate surface area is 122 Å². The number of carbonyl (C=O) groups excluding carboxylic acids is 1. The van der Waals surface area contributed by atoms with Gasteiger partial charge in [0.1, 0.15) is 5.75 Å². The average molecular weight is 288 g/mol. The predicted octanol–water partition coefficient (Wildman–Crippen LogP) is 3.11. The zero-order valence-electron chi connectivity index (χ0n) is 11.4. The van der Waals surface area contributed by atoms with Gasteiger partial charge >= 0.3 is 0 Å². The lowest BCUT2D eigenvalue weighted by molar-refractivity contribution is 0.0959. The number of benzene rings is 1. The van der Waals surface area contributed by atoms with Crippen LogP contribution in [0.5, 0.6) is 5.75 Å². The minimum absolute atomic E-state index is 0.181. The molecule has 0 unspecified atom stereocenters. The summed E-state index contributed by atoms with van der Waals surface area (Å²) >= 11 is 1.39. The van der Waals surface area contributed by atoms with Crippen molar-refractivity contribution in [3.8, 4) is 5.75 Å². The lowest BCUT2D eigenvalue weighted by Crippen LogP contribution is -2.18. The molecule has 0 bridgehead atoms. The van der Waals surface area contributed by atoms with Crippen LogP contribution in [0.2, 0.25) is 0 Å². The minimum atomic E-state index is -0.181. The predicted molar refractivity (Wildman–Crippen MR) is 81.6 cm³/mol. The Balaban J connectivity index is 1.99. The largest absolute Gasteiger partial charge is 0.496 e.